The van der Waals surface area contributed by atoms with Crippen LogP contribution in [0.5, 0.6) is 5.88 Å². The van der Waals surface area contributed by atoms with E-state index in [2.05, 4.69) is 25.4 Å². The average molecular weight is 351 g/mol. The van der Waals surface area contributed by atoms with E-state index in [1.807, 2.05) is 42.6 Å². The highest BCUT2D eigenvalue weighted by Crippen LogP contribution is 2.17. The van der Waals surface area contributed by atoms with Crippen LogP contribution in [0.4, 0.5) is 0 Å². The van der Waals surface area contributed by atoms with Crippen molar-refractivity contribution in [3.63, 3.8) is 0 Å². The van der Waals surface area contributed by atoms with Crippen LogP contribution in [-0.4, -0.2) is 52.2 Å². The first-order chi connectivity index (χ1) is 12.7. The van der Waals surface area contributed by atoms with Gasteiger partial charge in [0.25, 0.3) is 5.91 Å². The van der Waals surface area contributed by atoms with E-state index in [-0.39, 0.29) is 11.9 Å². The molecular weight excluding hydrogens is 330 g/mol. The third-order valence-electron chi connectivity index (χ3n) is 4.71. The topological polar surface area (TPSA) is 83.1 Å². The Morgan fingerprint density at radius 1 is 1.35 bits per heavy atom. The highest BCUT2D eigenvalue weighted by Gasteiger charge is 2.25. The number of fused-ring (bicyclic) bond motifs is 1. The number of carbonyl (C=O) groups excluding carboxylic acids is 1. The van der Waals surface area contributed by atoms with Crippen LogP contribution in [0.1, 0.15) is 22.5 Å². The number of carbonyl (C=O) groups is 1. The maximum atomic E-state index is 12.6. The second-order valence-corrected chi connectivity index (χ2v) is 6.52. The first-order valence-corrected chi connectivity index (χ1v) is 8.68. The average Bonchev–Trinajstić information content (AvgIpc) is 3.29. The lowest BCUT2D eigenvalue weighted by Crippen LogP contribution is -2.37. The number of benzene rings is 1. The van der Waals surface area contributed by atoms with Crippen molar-refractivity contribution in [2.75, 3.05) is 20.2 Å². The van der Waals surface area contributed by atoms with Crippen molar-refractivity contribution in [2.24, 2.45) is 0 Å². The van der Waals surface area contributed by atoms with Gasteiger partial charge in [-0.2, -0.15) is 5.10 Å². The molecule has 0 spiro atoms. The van der Waals surface area contributed by atoms with Gasteiger partial charge in [-0.3, -0.25) is 14.8 Å². The van der Waals surface area contributed by atoms with Crippen molar-refractivity contribution in [1.82, 2.24) is 25.4 Å². The SMILES string of the molecule is COc1ccc(CN2CCC(NC(=O)c3n[nH]c4ccccc34)C2)cn1. The summed E-state index contributed by atoms with van der Waals surface area (Å²) in [5.74, 6) is 0.493. The van der Waals surface area contributed by atoms with Gasteiger partial charge in [0.2, 0.25) is 5.88 Å². The van der Waals surface area contributed by atoms with Gasteiger partial charge in [0.1, 0.15) is 0 Å². The number of aromatic nitrogens is 3. The van der Waals surface area contributed by atoms with Crippen LogP contribution in [0.2, 0.25) is 0 Å². The van der Waals surface area contributed by atoms with E-state index in [4.69, 9.17) is 4.74 Å². The number of nitrogens with zero attached hydrogens (tertiary/aromatic N) is 3. The lowest BCUT2D eigenvalue weighted by Gasteiger charge is -2.16. The molecule has 0 aliphatic carbocycles. The summed E-state index contributed by atoms with van der Waals surface area (Å²) in [6.45, 7) is 2.58. The summed E-state index contributed by atoms with van der Waals surface area (Å²) < 4.78 is 5.09. The third-order valence-corrected chi connectivity index (χ3v) is 4.71. The lowest BCUT2D eigenvalue weighted by atomic mass is 10.2. The molecule has 1 atom stereocenters. The molecule has 26 heavy (non-hydrogen) atoms. The van der Waals surface area contributed by atoms with Crippen molar-refractivity contribution in [2.45, 2.75) is 19.0 Å². The minimum Gasteiger partial charge on any atom is -0.481 e. The Morgan fingerprint density at radius 3 is 3.04 bits per heavy atom. The normalized spacial score (nSPS) is 17.5. The molecule has 0 saturated carbocycles. The van der Waals surface area contributed by atoms with Crippen LogP contribution in [0.15, 0.2) is 42.6 Å². The second-order valence-electron chi connectivity index (χ2n) is 6.52. The molecule has 2 aromatic heterocycles. The zero-order valence-corrected chi connectivity index (χ0v) is 14.6. The highest BCUT2D eigenvalue weighted by atomic mass is 16.5. The number of ether oxygens (including phenoxy) is 1. The summed E-state index contributed by atoms with van der Waals surface area (Å²) in [6.07, 6.45) is 2.76. The summed E-state index contributed by atoms with van der Waals surface area (Å²) in [7, 11) is 1.61. The molecule has 4 rings (SSSR count). The van der Waals surface area contributed by atoms with E-state index >= 15 is 0 Å². The van der Waals surface area contributed by atoms with Crippen LogP contribution < -0.4 is 10.1 Å². The number of likely N-dealkylation sites (tertiary alicyclic amines) is 1. The van der Waals surface area contributed by atoms with Crippen molar-refractivity contribution >= 4 is 16.8 Å². The molecule has 1 aromatic carbocycles. The highest BCUT2D eigenvalue weighted by molar-refractivity contribution is 6.04. The van der Waals surface area contributed by atoms with E-state index in [9.17, 15) is 4.79 Å². The van der Waals surface area contributed by atoms with Gasteiger partial charge in [0.05, 0.1) is 12.6 Å². The summed E-state index contributed by atoms with van der Waals surface area (Å²) in [4.78, 5) is 19.1. The number of para-hydroxylation sites is 1. The monoisotopic (exact) mass is 351 g/mol. The van der Waals surface area contributed by atoms with Crippen molar-refractivity contribution in [3.05, 3.63) is 53.9 Å². The Bertz CT molecular complexity index is 906. The fourth-order valence-electron chi connectivity index (χ4n) is 3.37. The molecule has 1 fully saturated rings. The number of methoxy groups -OCH3 is 1. The third kappa shape index (κ3) is 3.39. The molecule has 1 unspecified atom stereocenters. The standard InChI is InChI=1S/C19H21N5O2/c1-26-17-7-6-13(10-20-17)11-24-9-8-14(12-24)21-19(25)18-15-4-2-3-5-16(15)22-23-18/h2-7,10,14H,8-9,11-12H2,1H3,(H,21,25)(H,22,23). The van der Waals surface area contributed by atoms with E-state index in [0.29, 0.717) is 11.6 Å². The summed E-state index contributed by atoms with van der Waals surface area (Å²) in [6, 6.07) is 11.7. The number of aromatic amines is 1. The van der Waals surface area contributed by atoms with Gasteiger partial charge in [-0.05, 0) is 18.1 Å². The predicted molar refractivity (Wildman–Crippen MR) is 98.0 cm³/mol. The van der Waals surface area contributed by atoms with E-state index in [0.717, 1.165) is 42.5 Å². The largest absolute Gasteiger partial charge is 0.481 e. The zero-order chi connectivity index (χ0) is 17.9. The van der Waals surface area contributed by atoms with Crippen LogP contribution >= 0.6 is 0 Å². The molecule has 1 saturated heterocycles. The molecule has 2 N–H and O–H groups in total. The summed E-state index contributed by atoms with van der Waals surface area (Å²) in [5, 5.41) is 11.0. The Morgan fingerprint density at radius 2 is 2.23 bits per heavy atom. The van der Waals surface area contributed by atoms with Crippen molar-refractivity contribution in [3.8, 4) is 5.88 Å². The molecule has 1 aliphatic rings. The van der Waals surface area contributed by atoms with Crippen molar-refractivity contribution < 1.29 is 9.53 Å². The molecule has 134 valence electrons. The number of amides is 1. The minimum absolute atomic E-state index is 0.125. The Balaban J connectivity index is 1.35. The number of pyridine rings is 1. The van der Waals surface area contributed by atoms with Gasteiger partial charge < -0.3 is 10.1 Å². The Kier molecular flexibility index (Phi) is 4.53. The number of H-pyrrole nitrogens is 1. The maximum absolute atomic E-state index is 12.6. The smallest absolute Gasteiger partial charge is 0.272 e. The number of nitrogens with one attached hydrogen (secondary N) is 2. The molecule has 7 heteroatoms. The molecule has 0 radical (unpaired) electrons. The second kappa shape index (κ2) is 7.13. The zero-order valence-electron chi connectivity index (χ0n) is 14.6. The fourth-order valence-corrected chi connectivity index (χ4v) is 3.37. The molecule has 1 aliphatic heterocycles. The van der Waals surface area contributed by atoms with Crippen LogP contribution in [0, 0.1) is 0 Å². The quantitative estimate of drug-likeness (QED) is 0.734. The fraction of sp³-hybridized carbons (Fsp3) is 0.316. The van der Waals surface area contributed by atoms with E-state index in [1.54, 1.807) is 7.11 Å². The molecule has 3 heterocycles. The van der Waals surface area contributed by atoms with Crippen LogP contribution in [-0.2, 0) is 6.54 Å². The molecule has 3 aromatic rings. The maximum Gasteiger partial charge on any atom is 0.272 e. The van der Waals surface area contributed by atoms with Gasteiger partial charge in [-0.1, -0.05) is 24.3 Å². The van der Waals surface area contributed by atoms with E-state index in [1.165, 1.54) is 0 Å². The number of hydrogen-bond acceptors (Lipinski definition) is 5. The molecule has 0 bridgehead atoms. The van der Waals surface area contributed by atoms with Gasteiger partial charge >= 0.3 is 0 Å². The summed E-state index contributed by atoms with van der Waals surface area (Å²) >= 11 is 0. The van der Waals surface area contributed by atoms with E-state index < -0.39 is 0 Å². The van der Waals surface area contributed by atoms with Gasteiger partial charge in [0, 0.05) is 43.3 Å². The predicted octanol–water partition coefficient (Wildman–Crippen LogP) is 1.97. The minimum atomic E-state index is -0.125. The Labute approximate surface area is 151 Å². The van der Waals surface area contributed by atoms with Crippen LogP contribution in [0.3, 0.4) is 0 Å². The van der Waals surface area contributed by atoms with Gasteiger partial charge in [0.15, 0.2) is 5.69 Å². The van der Waals surface area contributed by atoms with Gasteiger partial charge in [-0.25, -0.2) is 4.98 Å². The lowest BCUT2D eigenvalue weighted by molar-refractivity contribution is 0.0934. The van der Waals surface area contributed by atoms with Crippen molar-refractivity contribution in [1.29, 1.82) is 0 Å². The number of hydrogen-bond donors (Lipinski definition) is 2. The van der Waals surface area contributed by atoms with Crippen LogP contribution in [0.25, 0.3) is 10.9 Å². The molecular formula is C19H21N5O2. The van der Waals surface area contributed by atoms with Gasteiger partial charge in [-0.15, -0.1) is 0 Å². The molecule has 7 nitrogen and oxygen atoms in total. The molecule has 1 amide bonds. The first-order valence-electron chi connectivity index (χ1n) is 8.68. The first kappa shape index (κ1) is 16.5. The number of rotatable bonds is 5. The summed E-state index contributed by atoms with van der Waals surface area (Å²) in [5.41, 5.74) is 2.46. The Hall–Kier alpha value is -2.93.